The fourth-order valence-electron chi connectivity index (χ4n) is 1.68. The van der Waals surface area contributed by atoms with Crippen molar-refractivity contribution >= 4 is 17.3 Å². The Hall–Kier alpha value is -1.69. The second-order valence-electron chi connectivity index (χ2n) is 4.72. The Morgan fingerprint density at radius 1 is 1.53 bits per heavy atom. The third kappa shape index (κ3) is 2.53. The van der Waals surface area contributed by atoms with Crippen LogP contribution in [0, 0.1) is 0 Å². The van der Waals surface area contributed by atoms with Crippen molar-refractivity contribution in [1.82, 2.24) is 14.8 Å². The van der Waals surface area contributed by atoms with Crippen LogP contribution < -0.4 is 0 Å². The van der Waals surface area contributed by atoms with E-state index in [2.05, 4.69) is 10.1 Å². The van der Waals surface area contributed by atoms with E-state index in [-0.39, 0.29) is 5.97 Å². The number of thiazole rings is 1. The molecule has 0 bridgehead atoms. The molecule has 0 amide bonds. The smallest absolute Gasteiger partial charge is 0.317 e. The summed E-state index contributed by atoms with van der Waals surface area (Å²) in [6, 6.07) is 1.90. The van der Waals surface area contributed by atoms with Crippen molar-refractivity contribution in [2.75, 3.05) is 6.61 Å². The maximum absolute atomic E-state index is 12.0. The largest absolute Gasteiger partial charge is 0.465 e. The highest BCUT2D eigenvalue weighted by atomic mass is 32.1. The standard InChI is InChI=1S/C13H17N3O2S/c1-5-18-12(17)13(2,3)10-8-19-11(15-10)9-6-7-14-16(9)4/h6-8H,5H2,1-4H3. The van der Waals surface area contributed by atoms with Crippen molar-refractivity contribution in [1.29, 1.82) is 0 Å². The van der Waals surface area contributed by atoms with Crippen molar-refractivity contribution in [2.45, 2.75) is 26.2 Å². The monoisotopic (exact) mass is 279 g/mol. The molecule has 19 heavy (non-hydrogen) atoms. The topological polar surface area (TPSA) is 57.0 Å². The van der Waals surface area contributed by atoms with Gasteiger partial charge in [0.2, 0.25) is 0 Å². The predicted molar refractivity (Wildman–Crippen MR) is 74.0 cm³/mol. The van der Waals surface area contributed by atoms with Crippen LogP contribution in [0.2, 0.25) is 0 Å². The molecule has 2 aromatic rings. The molecule has 0 aliphatic rings. The van der Waals surface area contributed by atoms with Gasteiger partial charge < -0.3 is 4.74 Å². The Morgan fingerprint density at radius 2 is 2.26 bits per heavy atom. The molecule has 0 aliphatic heterocycles. The summed E-state index contributed by atoms with van der Waals surface area (Å²) < 4.78 is 6.86. The van der Waals surface area contributed by atoms with Crippen LogP contribution >= 0.6 is 11.3 Å². The van der Waals surface area contributed by atoms with Crippen molar-refractivity contribution in [2.24, 2.45) is 7.05 Å². The Morgan fingerprint density at radius 3 is 2.84 bits per heavy atom. The molecule has 5 nitrogen and oxygen atoms in total. The number of ether oxygens (including phenoxy) is 1. The third-order valence-corrected chi connectivity index (χ3v) is 3.84. The van der Waals surface area contributed by atoms with Gasteiger partial charge in [0.15, 0.2) is 0 Å². The van der Waals surface area contributed by atoms with Crippen molar-refractivity contribution in [3.63, 3.8) is 0 Å². The minimum Gasteiger partial charge on any atom is -0.465 e. The Kier molecular flexibility index (Phi) is 3.71. The van der Waals surface area contributed by atoms with Gasteiger partial charge in [0, 0.05) is 18.6 Å². The van der Waals surface area contributed by atoms with E-state index in [1.807, 2.05) is 32.3 Å². The number of hydrogen-bond donors (Lipinski definition) is 0. The van der Waals surface area contributed by atoms with E-state index in [1.165, 1.54) is 11.3 Å². The minimum absolute atomic E-state index is 0.253. The van der Waals surface area contributed by atoms with Gasteiger partial charge in [-0.15, -0.1) is 11.3 Å². The highest BCUT2D eigenvalue weighted by Crippen LogP contribution is 2.30. The lowest BCUT2D eigenvalue weighted by molar-refractivity contribution is -0.148. The number of aromatic nitrogens is 3. The molecule has 0 aliphatic carbocycles. The Labute approximate surface area is 116 Å². The maximum Gasteiger partial charge on any atom is 0.317 e. The van der Waals surface area contributed by atoms with Gasteiger partial charge in [0.05, 0.1) is 18.0 Å². The molecule has 0 saturated heterocycles. The van der Waals surface area contributed by atoms with Gasteiger partial charge in [-0.25, -0.2) is 4.98 Å². The molecule has 2 heterocycles. The van der Waals surface area contributed by atoms with Crippen molar-refractivity contribution < 1.29 is 9.53 Å². The first-order valence-corrected chi connectivity index (χ1v) is 6.96. The number of aryl methyl sites for hydroxylation is 1. The lowest BCUT2D eigenvalue weighted by Gasteiger charge is -2.19. The molecular weight excluding hydrogens is 262 g/mol. The second kappa shape index (κ2) is 5.13. The first-order chi connectivity index (χ1) is 8.96. The number of carbonyl (C=O) groups excluding carboxylic acids is 1. The molecular formula is C13H17N3O2S. The summed E-state index contributed by atoms with van der Waals surface area (Å²) in [5.41, 5.74) is 0.937. The number of hydrogen-bond acceptors (Lipinski definition) is 5. The predicted octanol–water partition coefficient (Wildman–Crippen LogP) is 2.38. The third-order valence-electron chi connectivity index (χ3n) is 2.97. The second-order valence-corrected chi connectivity index (χ2v) is 5.58. The van der Waals surface area contributed by atoms with E-state index in [1.54, 1.807) is 17.8 Å². The molecule has 0 spiro atoms. The number of nitrogens with zero attached hydrogens (tertiary/aromatic N) is 3. The fourth-order valence-corrected chi connectivity index (χ4v) is 2.72. The minimum atomic E-state index is -0.733. The van der Waals surface area contributed by atoms with Gasteiger partial charge in [0.25, 0.3) is 0 Å². The van der Waals surface area contributed by atoms with E-state index in [9.17, 15) is 4.79 Å². The Bertz CT molecular complexity index is 586. The molecule has 0 fully saturated rings. The zero-order chi connectivity index (χ0) is 14.0. The highest BCUT2D eigenvalue weighted by molar-refractivity contribution is 7.13. The number of carbonyl (C=O) groups is 1. The van der Waals surface area contributed by atoms with Crippen LogP contribution in [0.5, 0.6) is 0 Å². The van der Waals surface area contributed by atoms with E-state index < -0.39 is 5.41 Å². The molecule has 2 aromatic heterocycles. The molecule has 0 atom stereocenters. The quantitative estimate of drug-likeness (QED) is 0.806. The van der Waals surface area contributed by atoms with Crippen LogP contribution in [0.25, 0.3) is 10.7 Å². The van der Waals surface area contributed by atoms with Crippen molar-refractivity contribution in [3.8, 4) is 10.7 Å². The first kappa shape index (κ1) is 13.7. The summed E-state index contributed by atoms with van der Waals surface area (Å²) in [7, 11) is 1.87. The van der Waals surface area contributed by atoms with E-state index >= 15 is 0 Å². The van der Waals surface area contributed by atoms with Gasteiger partial charge in [-0.1, -0.05) is 0 Å². The normalized spacial score (nSPS) is 11.6. The van der Waals surface area contributed by atoms with E-state index in [0.717, 1.165) is 16.4 Å². The zero-order valence-electron chi connectivity index (χ0n) is 11.5. The lowest BCUT2D eigenvalue weighted by atomic mass is 9.90. The van der Waals surface area contributed by atoms with Crippen LogP contribution in [0.4, 0.5) is 0 Å². The van der Waals surface area contributed by atoms with Gasteiger partial charge in [-0.05, 0) is 26.8 Å². The Balaban J connectivity index is 2.31. The van der Waals surface area contributed by atoms with Crippen LogP contribution in [0.1, 0.15) is 26.5 Å². The van der Waals surface area contributed by atoms with Crippen LogP contribution in [-0.2, 0) is 22.0 Å². The summed E-state index contributed by atoms with van der Waals surface area (Å²) in [5.74, 6) is -0.253. The summed E-state index contributed by atoms with van der Waals surface area (Å²) in [4.78, 5) is 16.5. The number of rotatable bonds is 4. The maximum atomic E-state index is 12.0. The highest BCUT2D eigenvalue weighted by Gasteiger charge is 2.34. The van der Waals surface area contributed by atoms with Gasteiger partial charge >= 0.3 is 5.97 Å². The summed E-state index contributed by atoms with van der Waals surface area (Å²) >= 11 is 1.50. The summed E-state index contributed by atoms with van der Waals surface area (Å²) in [6.07, 6.45) is 1.73. The summed E-state index contributed by atoms with van der Waals surface area (Å²) in [5, 5.41) is 6.88. The van der Waals surface area contributed by atoms with E-state index in [0.29, 0.717) is 6.61 Å². The van der Waals surface area contributed by atoms with Gasteiger partial charge in [-0.3, -0.25) is 9.48 Å². The summed E-state index contributed by atoms with van der Waals surface area (Å²) in [6.45, 7) is 5.83. The van der Waals surface area contributed by atoms with Crippen molar-refractivity contribution in [3.05, 3.63) is 23.3 Å². The SMILES string of the molecule is CCOC(=O)C(C)(C)c1csc(-c2ccnn2C)n1. The average Bonchev–Trinajstić information content (AvgIpc) is 2.97. The molecule has 0 radical (unpaired) electrons. The van der Waals surface area contributed by atoms with Crippen LogP contribution in [0.3, 0.4) is 0 Å². The van der Waals surface area contributed by atoms with Crippen LogP contribution in [0.15, 0.2) is 17.6 Å². The molecule has 2 rings (SSSR count). The van der Waals surface area contributed by atoms with E-state index in [4.69, 9.17) is 4.74 Å². The lowest BCUT2D eigenvalue weighted by Crippen LogP contribution is -2.31. The first-order valence-electron chi connectivity index (χ1n) is 6.08. The molecule has 102 valence electrons. The molecule has 0 aromatic carbocycles. The molecule has 6 heteroatoms. The number of esters is 1. The van der Waals surface area contributed by atoms with Crippen LogP contribution in [-0.4, -0.2) is 27.3 Å². The van der Waals surface area contributed by atoms with Gasteiger partial charge in [0.1, 0.15) is 10.4 Å². The van der Waals surface area contributed by atoms with Gasteiger partial charge in [-0.2, -0.15) is 5.10 Å². The molecule has 0 saturated carbocycles. The zero-order valence-corrected chi connectivity index (χ0v) is 12.3. The fraction of sp³-hybridized carbons (Fsp3) is 0.462. The average molecular weight is 279 g/mol. The molecule has 0 unspecified atom stereocenters. The molecule has 0 N–H and O–H groups in total.